The van der Waals surface area contributed by atoms with E-state index in [0.717, 1.165) is 17.1 Å². The first kappa shape index (κ1) is 34.1. The third-order valence-corrected chi connectivity index (χ3v) is 12.4. The Bertz CT molecular complexity index is 3200. The maximum Gasteiger partial charge on any atom is 0.0468 e. The van der Waals surface area contributed by atoms with Gasteiger partial charge in [-0.3, -0.25) is 0 Å². The van der Waals surface area contributed by atoms with Crippen LogP contribution in [0.3, 0.4) is 0 Å². The van der Waals surface area contributed by atoms with Crippen molar-refractivity contribution in [3.8, 4) is 44.5 Å². The molecule has 0 saturated heterocycles. The highest BCUT2D eigenvalue weighted by Crippen LogP contribution is 2.50. The second-order valence-electron chi connectivity index (χ2n) is 16.2. The standard InChI is InChI=1S/C57H41N/c1-57(2)55-23-8-7-21-53(55)54-32-28-43(37-56(54)57)38-26-29-46(30-27-38)58(48-31-33-52-45(36-48)25-24-40-13-4-6-20-50(40)52)47-18-10-16-42(35-47)41-15-9-17-44(34-41)51-22-11-14-39-12-3-5-19-49(39)51/h3-37H,1-2H3. The smallest absolute Gasteiger partial charge is 0.0468 e. The van der Waals surface area contributed by atoms with E-state index in [9.17, 15) is 0 Å². The number of hydrogen-bond acceptors (Lipinski definition) is 1. The Kier molecular flexibility index (Phi) is 7.91. The molecule has 1 aliphatic rings. The van der Waals surface area contributed by atoms with Crippen molar-refractivity contribution in [2.24, 2.45) is 0 Å². The Morgan fingerprint density at radius 2 is 0.845 bits per heavy atom. The summed E-state index contributed by atoms with van der Waals surface area (Å²) in [5, 5.41) is 7.53. The minimum Gasteiger partial charge on any atom is -0.310 e. The highest BCUT2D eigenvalue weighted by Gasteiger charge is 2.35. The molecule has 0 bridgehead atoms. The van der Waals surface area contributed by atoms with Crippen LogP contribution in [0.4, 0.5) is 17.1 Å². The van der Waals surface area contributed by atoms with Crippen LogP contribution in [-0.2, 0) is 5.41 Å². The molecule has 0 atom stereocenters. The Labute approximate surface area is 340 Å². The van der Waals surface area contributed by atoms with Crippen LogP contribution in [0, 0.1) is 0 Å². The van der Waals surface area contributed by atoms with Crippen LogP contribution in [0.1, 0.15) is 25.0 Å². The number of hydrogen-bond donors (Lipinski definition) is 0. The fourth-order valence-electron chi connectivity index (χ4n) is 9.44. The summed E-state index contributed by atoms with van der Waals surface area (Å²) in [7, 11) is 0. The Balaban J connectivity index is 1.01. The molecule has 0 fully saturated rings. The number of fused-ring (bicyclic) bond motifs is 7. The molecule has 1 nitrogen and oxygen atoms in total. The molecule has 0 amide bonds. The average molecular weight is 740 g/mol. The first-order chi connectivity index (χ1) is 28.5. The lowest BCUT2D eigenvalue weighted by molar-refractivity contribution is 0.660. The minimum absolute atomic E-state index is 0.0422. The third-order valence-electron chi connectivity index (χ3n) is 12.4. The summed E-state index contributed by atoms with van der Waals surface area (Å²) >= 11 is 0. The van der Waals surface area contributed by atoms with Gasteiger partial charge in [0.1, 0.15) is 0 Å². The lowest BCUT2D eigenvalue weighted by Crippen LogP contribution is -2.14. The Morgan fingerprint density at radius 3 is 1.71 bits per heavy atom. The van der Waals surface area contributed by atoms with Gasteiger partial charge in [0.15, 0.2) is 0 Å². The maximum absolute atomic E-state index is 2.41. The van der Waals surface area contributed by atoms with E-state index in [-0.39, 0.29) is 5.41 Å². The monoisotopic (exact) mass is 739 g/mol. The molecule has 0 heterocycles. The summed E-state index contributed by atoms with van der Waals surface area (Å²) in [6.07, 6.45) is 0. The minimum atomic E-state index is -0.0422. The van der Waals surface area contributed by atoms with E-state index in [1.54, 1.807) is 0 Å². The molecule has 58 heavy (non-hydrogen) atoms. The van der Waals surface area contributed by atoms with Crippen molar-refractivity contribution in [2.75, 3.05) is 4.90 Å². The predicted molar refractivity (Wildman–Crippen MR) is 248 cm³/mol. The molecule has 0 aromatic heterocycles. The Morgan fingerprint density at radius 1 is 0.293 bits per heavy atom. The van der Waals surface area contributed by atoms with Crippen LogP contribution in [0.2, 0.25) is 0 Å². The summed E-state index contributed by atoms with van der Waals surface area (Å²) in [5.41, 5.74) is 16.1. The van der Waals surface area contributed by atoms with Crippen LogP contribution < -0.4 is 4.90 Å². The zero-order valence-electron chi connectivity index (χ0n) is 32.7. The first-order valence-electron chi connectivity index (χ1n) is 20.2. The fraction of sp³-hybridized carbons (Fsp3) is 0.0526. The second kappa shape index (κ2) is 13.5. The van der Waals surface area contributed by atoms with Crippen molar-refractivity contribution in [2.45, 2.75) is 19.3 Å². The maximum atomic E-state index is 2.41. The summed E-state index contributed by atoms with van der Waals surface area (Å²) in [6, 6.07) is 78.2. The van der Waals surface area contributed by atoms with Crippen molar-refractivity contribution in [1.82, 2.24) is 0 Å². The zero-order valence-corrected chi connectivity index (χ0v) is 32.7. The summed E-state index contributed by atoms with van der Waals surface area (Å²) in [6.45, 7) is 4.70. The average Bonchev–Trinajstić information content (AvgIpc) is 3.51. The van der Waals surface area contributed by atoms with Gasteiger partial charge in [-0.25, -0.2) is 0 Å². The van der Waals surface area contributed by atoms with E-state index in [1.165, 1.54) is 88.0 Å². The Hall–Kier alpha value is -7.22. The summed E-state index contributed by atoms with van der Waals surface area (Å²) in [5.74, 6) is 0. The van der Waals surface area contributed by atoms with Gasteiger partial charge >= 0.3 is 0 Å². The summed E-state index contributed by atoms with van der Waals surface area (Å²) in [4.78, 5) is 2.40. The SMILES string of the molecule is CC1(C)c2ccccc2-c2ccc(-c3ccc(N(c4cccc(-c5cccc(-c6cccc7ccccc67)c5)c4)c4ccc5c(ccc6ccccc65)c4)cc3)cc21. The molecule has 0 aliphatic heterocycles. The molecule has 0 radical (unpaired) electrons. The van der Waals surface area contributed by atoms with Crippen molar-refractivity contribution in [3.05, 3.63) is 223 Å². The van der Waals surface area contributed by atoms with Gasteiger partial charge < -0.3 is 4.90 Å². The quantitative estimate of drug-likeness (QED) is 0.154. The number of benzene rings is 10. The molecular formula is C57H41N. The summed E-state index contributed by atoms with van der Waals surface area (Å²) < 4.78 is 0. The lowest BCUT2D eigenvalue weighted by Gasteiger charge is -2.27. The van der Waals surface area contributed by atoms with E-state index in [4.69, 9.17) is 0 Å². The topological polar surface area (TPSA) is 3.24 Å². The number of anilines is 3. The van der Waals surface area contributed by atoms with Gasteiger partial charge in [0, 0.05) is 22.5 Å². The van der Waals surface area contributed by atoms with Crippen LogP contribution >= 0.6 is 0 Å². The fourth-order valence-corrected chi connectivity index (χ4v) is 9.44. The van der Waals surface area contributed by atoms with E-state index in [1.807, 2.05) is 0 Å². The molecule has 0 unspecified atom stereocenters. The molecule has 0 spiro atoms. The highest BCUT2D eigenvalue weighted by atomic mass is 15.1. The predicted octanol–water partition coefficient (Wildman–Crippen LogP) is 15.9. The van der Waals surface area contributed by atoms with Crippen LogP contribution in [0.5, 0.6) is 0 Å². The molecule has 0 N–H and O–H groups in total. The molecule has 0 saturated carbocycles. The van der Waals surface area contributed by atoms with Gasteiger partial charge in [-0.1, -0.05) is 178 Å². The molecular weight excluding hydrogens is 699 g/mol. The van der Waals surface area contributed by atoms with Gasteiger partial charge in [-0.15, -0.1) is 0 Å². The van der Waals surface area contributed by atoms with E-state index >= 15 is 0 Å². The molecule has 1 heteroatoms. The van der Waals surface area contributed by atoms with E-state index in [0.29, 0.717) is 0 Å². The number of rotatable bonds is 6. The van der Waals surface area contributed by atoms with Crippen LogP contribution in [0.25, 0.3) is 76.8 Å². The molecule has 11 rings (SSSR count). The molecule has 10 aromatic rings. The van der Waals surface area contributed by atoms with Gasteiger partial charge in [0.2, 0.25) is 0 Å². The molecule has 1 aliphatic carbocycles. The largest absolute Gasteiger partial charge is 0.310 e. The normalized spacial score (nSPS) is 12.8. The van der Waals surface area contributed by atoms with Crippen molar-refractivity contribution in [3.63, 3.8) is 0 Å². The van der Waals surface area contributed by atoms with Crippen LogP contribution in [0.15, 0.2) is 212 Å². The lowest BCUT2D eigenvalue weighted by atomic mass is 9.81. The third kappa shape index (κ3) is 5.62. The van der Waals surface area contributed by atoms with E-state index in [2.05, 4.69) is 231 Å². The van der Waals surface area contributed by atoms with Crippen molar-refractivity contribution < 1.29 is 0 Å². The van der Waals surface area contributed by atoms with Gasteiger partial charge in [0.25, 0.3) is 0 Å². The van der Waals surface area contributed by atoms with Gasteiger partial charge in [0.05, 0.1) is 0 Å². The second-order valence-corrected chi connectivity index (χ2v) is 16.2. The first-order valence-corrected chi connectivity index (χ1v) is 20.2. The zero-order chi connectivity index (χ0) is 38.8. The highest BCUT2D eigenvalue weighted by molar-refractivity contribution is 6.08. The number of nitrogens with zero attached hydrogens (tertiary/aromatic N) is 1. The van der Waals surface area contributed by atoms with Crippen molar-refractivity contribution >= 4 is 49.4 Å². The van der Waals surface area contributed by atoms with E-state index < -0.39 is 0 Å². The van der Waals surface area contributed by atoms with Gasteiger partial charge in [-0.05, 0) is 136 Å². The molecule has 10 aromatic carbocycles. The van der Waals surface area contributed by atoms with Crippen LogP contribution in [-0.4, -0.2) is 0 Å². The van der Waals surface area contributed by atoms with Crippen molar-refractivity contribution in [1.29, 1.82) is 0 Å². The van der Waals surface area contributed by atoms with Gasteiger partial charge in [-0.2, -0.15) is 0 Å². The molecule has 274 valence electrons.